The highest BCUT2D eigenvalue weighted by Crippen LogP contribution is 2.27. The second kappa shape index (κ2) is 6.05. The lowest BCUT2D eigenvalue weighted by Gasteiger charge is -2.25. The van der Waals surface area contributed by atoms with Crippen molar-refractivity contribution in [3.8, 4) is 11.8 Å². The molecule has 74 valence electrons. The summed E-state index contributed by atoms with van der Waals surface area (Å²) >= 11 is 0. The highest BCUT2D eigenvalue weighted by Gasteiger charge is 2.20. The Morgan fingerprint density at radius 2 is 2.00 bits per heavy atom. The van der Waals surface area contributed by atoms with Crippen molar-refractivity contribution in [2.24, 2.45) is 5.92 Å². The lowest BCUT2D eigenvalue weighted by Crippen LogP contribution is -2.22. The van der Waals surface area contributed by atoms with Gasteiger partial charge in [-0.25, -0.2) is 0 Å². The molecular weight excluding hydrogens is 160 g/mol. The summed E-state index contributed by atoms with van der Waals surface area (Å²) in [5, 5.41) is 9.83. The van der Waals surface area contributed by atoms with Gasteiger partial charge in [-0.1, -0.05) is 19.3 Å². The van der Waals surface area contributed by atoms with Gasteiger partial charge in [-0.15, -0.1) is 11.8 Å². The zero-order valence-corrected chi connectivity index (χ0v) is 8.55. The molecule has 0 spiro atoms. The van der Waals surface area contributed by atoms with E-state index >= 15 is 0 Å². The molecule has 0 aromatic rings. The first-order valence-corrected chi connectivity index (χ1v) is 5.42. The highest BCUT2D eigenvalue weighted by atomic mass is 16.3. The van der Waals surface area contributed by atoms with Gasteiger partial charge in [-0.2, -0.15) is 0 Å². The quantitative estimate of drug-likeness (QED) is 0.662. The van der Waals surface area contributed by atoms with Crippen LogP contribution in [0.1, 0.15) is 51.9 Å². The van der Waals surface area contributed by atoms with Crippen molar-refractivity contribution in [3.05, 3.63) is 0 Å². The third-order valence-electron chi connectivity index (χ3n) is 2.94. The van der Waals surface area contributed by atoms with Crippen molar-refractivity contribution in [1.82, 2.24) is 0 Å². The van der Waals surface area contributed by atoms with E-state index < -0.39 is 0 Å². The van der Waals surface area contributed by atoms with Crippen molar-refractivity contribution in [3.63, 3.8) is 0 Å². The Labute approximate surface area is 81.5 Å². The van der Waals surface area contributed by atoms with Gasteiger partial charge in [0.2, 0.25) is 0 Å². The largest absolute Gasteiger partial charge is 0.393 e. The molecule has 1 nitrogen and oxygen atoms in total. The number of aliphatic hydroxyl groups excluding tert-OH is 1. The molecule has 0 bridgehead atoms. The summed E-state index contributed by atoms with van der Waals surface area (Å²) in [5.41, 5.74) is 0. The molecule has 1 rings (SSSR count). The molecule has 1 aliphatic carbocycles. The van der Waals surface area contributed by atoms with Crippen LogP contribution in [0.2, 0.25) is 0 Å². The van der Waals surface area contributed by atoms with Crippen LogP contribution in [0.5, 0.6) is 0 Å². The van der Waals surface area contributed by atoms with Gasteiger partial charge in [0.25, 0.3) is 0 Å². The number of hydrogen-bond acceptors (Lipinski definition) is 1. The molecule has 1 N–H and O–H groups in total. The molecule has 0 heterocycles. The lowest BCUT2D eigenvalue weighted by atomic mass is 9.84. The maximum absolute atomic E-state index is 9.83. The van der Waals surface area contributed by atoms with E-state index in [0.29, 0.717) is 5.92 Å². The Kier molecular flexibility index (Phi) is 4.93. The van der Waals surface area contributed by atoms with E-state index in [1.165, 1.54) is 32.1 Å². The Hall–Kier alpha value is -0.480. The monoisotopic (exact) mass is 180 g/mol. The summed E-state index contributed by atoms with van der Waals surface area (Å²) in [6.45, 7) is 1.85. The highest BCUT2D eigenvalue weighted by molar-refractivity contribution is 4.95. The van der Waals surface area contributed by atoms with E-state index in [2.05, 4.69) is 11.8 Å². The summed E-state index contributed by atoms with van der Waals surface area (Å²) < 4.78 is 0. The van der Waals surface area contributed by atoms with Gasteiger partial charge in [-0.3, -0.25) is 0 Å². The average molecular weight is 180 g/mol. The Morgan fingerprint density at radius 3 is 2.62 bits per heavy atom. The third-order valence-corrected chi connectivity index (χ3v) is 2.94. The first-order chi connectivity index (χ1) is 6.34. The maximum atomic E-state index is 9.83. The van der Waals surface area contributed by atoms with Crippen molar-refractivity contribution in [2.45, 2.75) is 58.0 Å². The smallest absolute Gasteiger partial charge is 0.0577 e. The fourth-order valence-electron chi connectivity index (χ4n) is 2.10. The van der Waals surface area contributed by atoms with Crippen molar-refractivity contribution < 1.29 is 5.11 Å². The minimum Gasteiger partial charge on any atom is -0.393 e. The average Bonchev–Trinajstić information content (AvgIpc) is 2.19. The van der Waals surface area contributed by atoms with Gasteiger partial charge in [0.15, 0.2) is 0 Å². The molecule has 0 aromatic heterocycles. The van der Waals surface area contributed by atoms with Crippen LogP contribution in [0.4, 0.5) is 0 Å². The van der Waals surface area contributed by atoms with Gasteiger partial charge in [0.1, 0.15) is 0 Å². The standard InChI is InChI=1S/C12H20O/c1-2-3-5-10-12(13)11-8-6-4-7-9-11/h11-13H,4-10H2,1H3. The number of aliphatic hydroxyl groups is 1. The molecule has 1 heteroatoms. The number of hydrogen-bond donors (Lipinski definition) is 1. The van der Waals surface area contributed by atoms with Crippen LogP contribution < -0.4 is 0 Å². The SMILES string of the molecule is CC#CCCC(O)C1CCCCC1. The fraction of sp³-hybridized carbons (Fsp3) is 0.833. The number of rotatable bonds is 3. The van der Waals surface area contributed by atoms with Crippen LogP contribution in [0, 0.1) is 17.8 Å². The van der Waals surface area contributed by atoms with Gasteiger partial charge in [0, 0.05) is 6.42 Å². The van der Waals surface area contributed by atoms with Crippen molar-refractivity contribution in [1.29, 1.82) is 0 Å². The molecule has 1 aliphatic rings. The zero-order chi connectivity index (χ0) is 9.52. The summed E-state index contributed by atoms with van der Waals surface area (Å²) in [4.78, 5) is 0. The van der Waals surface area contributed by atoms with E-state index in [0.717, 1.165) is 12.8 Å². The predicted octanol–water partition coefficient (Wildman–Crippen LogP) is 2.73. The van der Waals surface area contributed by atoms with Gasteiger partial charge < -0.3 is 5.11 Å². The van der Waals surface area contributed by atoms with Crippen molar-refractivity contribution in [2.75, 3.05) is 0 Å². The molecule has 0 saturated heterocycles. The Balaban J connectivity index is 2.19. The molecule has 1 saturated carbocycles. The van der Waals surface area contributed by atoms with Crippen LogP contribution in [0.3, 0.4) is 0 Å². The predicted molar refractivity (Wildman–Crippen MR) is 55.3 cm³/mol. The van der Waals surface area contributed by atoms with E-state index in [9.17, 15) is 5.11 Å². The van der Waals surface area contributed by atoms with Crippen LogP contribution in [0.25, 0.3) is 0 Å². The molecule has 1 unspecified atom stereocenters. The molecule has 0 aliphatic heterocycles. The van der Waals surface area contributed by atoms with Crippen molar-refractivity contribution >= 4 is 0 Å². The van der Waals surface area contributed by atoms with Crippen LogP contribution in [0.15, 0.2) is 0 Å². The fourth-order valence-corrected chi connectivity index (χ4v) is 2.10. The van der Waals surface area contributed by atoms with Crippen LogP contribution in [-0.2, 0) is 0 Å². The van der Waals surface area contributed by atoms with Crippen LogP contribution >= 0.6 is 0 Å². The molecule has 1 fully saturated rings. The Bertz CT molecular complexity index is 181. The first-order valence-electron chi connectivity index (χ1n) is 5.42. The molecule has 0 aromatic carbocycles. The summed E-state index contributed by atoms with van der Waals surface area (Å²) in [6, 6.07) is 0. The summed E-state index contributed by atoms with van der Waals surface area (Å²) in [6.07, 6.45) is 8.04. The van der Waals surface area contributed by atoms with Gasteiger partial charge in [-0.05, 0) is 32.1 Å². The van der Waals surface area contributed by atoms with Crippen LogP contribution in [-0.4, -0.2) is 11.2 Å². The summed E-state index contributed by atoms with van der Waals surface area (Å²) in [5.74, 6) is 6.44. The van der Waals surface area contributed by atoms with E-state index in [1.54, 1.807) is 0 Å². The molecular formula is C12H20O. The van der Waals surface area contributed by atoms with Gasteiger partial charge in [0.05, 0.1) is 6.10 Å². The van der Waals surface area contributed by atoms with E-state index in [4.69, 9.17) is 0 Å². The first kappa shape index (κ1) is 10.6. The minimum absolute atomic E-state index is 0.0962. The zero-order valence-electron chi connectivity index (χ0n) is 8.55. The van der Waals surface area contributed by atoms with E-state index in [1.807, 2.05) is 6.92 Å². The van der Waals surface area contributed by atoms with E-state index in [-0.39, 0.29) is 6.10 Å². The van der Waals surface area contributed by atoms with Gasteiger partial charge >= 0.3 is 0 Å². The lowest BCUT2D eigenvalue weighted by molar-refractivity contribution is 0.0786. The molecule has 0 amide bonds. The molecule has 0 radical (unpaired) electrons. The second-order valence-electron chi connectivity index (χ2n) is 3.93. The Morgan fingerprint density at radius 1 is 1.31 bits per heavy atom. The molecule has 13 heavy (non-hydrogen) atoms. The summed E-state index contributed by atoms with van der Waals surface area (Å²) in [7, 11) is 0. The normalized spacial score (nSPS) is 20.5. The second-order valence-corrected chi connectivity index (χ2v) is 3.93. The maximum Gasteiger partial charge on any atom is 0.0577 e. The molecule has 1 atom stereocenters. The topological polar surface area (TPSA) is 20.2 Å². The minimum atomic E-state index is -0.0962. The third kappa shape index (κ3) is 3.83.